The van der Waals surface area contributed by atoms with Crippen molar-refractivity contribution >= 4 is 43.2 Å². The molecule has 1 heterocycles. The first-order valence-electron chi connectivity index (χ1n) is 9.37. The molecule has 0 atom stereocenters. The summed E-state index contributed by atoms with van der Waals surface area (Å²) in [5.74, 6) is 0.624. The van der Waals surface area contributed by atoms with Crippen LogP contribution in [0.4, 0.5) is 11.4 Å². The summed E-state index contributed by atoms with van der Waals surface area (Å²) in [5.41, 5.74) is 1.79. The lowest BCUT2D eigenvalue weighted by molar-refractivity contribution is -0.114. The predicted molar refractivity (Wildman–Crippen MR) is 121 cm³/mol. The molecule has 1 amide bonds. The molecule has 3 aromatic carbocycles. The van der Waals surface area contributed by atoms with Gasteiger partial charge in [0.25, 0.3) is 10.0 Å². The normalized spacial score (nSPS) is 12.5. The summed E-state index contributed by atoms with van der Waals surface area (Å²) in [4.78, 5) is 12.9. The van der Waals surface area contributed by atoms with E-state index in [0.717, 1.165) is 9.87 Å². The van der Waals surface area contributed by atoms with Crippen molar-refractivity contribution in [3.8, 4) is 11.5 Å². The number of carbonyl (C=O) groups excluding carboxylic acids is 1. The van der Waals surface area contributed by atoms with Crippen molar-refractivity contribution < 1.29 is 22.7 Å². The van der Waals surface area contributed by atoms with E-state index in [1.165, 1.54) is 12.1 Å². The first-order valence-corrected chi connectivity index (χ1v) is 11.6. The van der Waals surface area contributed by atoms with Gasteiger partial charge < -0.3 is 14.8 Å². The number of hydrogen-bond acceptors (Lipinski definition) is 5. The van der Waals surface area contributed by atoms with Gasteiger partial charge in [-0.3, -0.25) is 9.10 Å². The fourth-order valence-electron chi connectivity index (χ4n) is 3.09. The number of rotatable bonds is 6. The Bertz CT molecular complexity index is 1230. The van der Waals surface area contributed by atoms with Gasteiger partial charge in [0, 0.05) is 16.2 Å². The molecule has 0 spiro atoms. The summed E-state index contributed by atoms with van der Waals surface area (Å²) in [6.07, 6.45) is 0. The molecule has 0 aromatic heterocycles. The molecule has 0 fully saturated rings. The molecular weight excluding hydrogens is 484 g/mol. The van der Waals surface area contributed by atoms with Crippen LogP contribution in [0.25, 0.3) is 0 Å². The Morgan fingerprint density at radius 1 is 1.03 bits per heavy atom. The summed E-state index contributed by atoms with van der Waals surface area (Å²) in [6, 6.07) is 18.3. The quantitative estimate of drug-likeness (QED) is 0.542. The van der Waals surface area contributed by atoms with Crippen LogP contribution in [0.5, 0.6) is 11.5 Å². The topological polar surface area (TPSA) is 84.9 Å². The summed E-state index contributed by atoms with van der Waals surface area (Å²) in [5, 5.41) is 2.73. The van der Waals surface area contributed by atoms with E-state index in [9.17, 15) is 13.2 Å². The second-order valence-corrected chi connectivity index (χ2v) is 9.70. The van der Waals surface area contributed by atoms with Crippen LogP contribution in [-0.2, 0) is 14.8 Å². The number of nitrogens with zero attached hydrogens (tertiary/aromatic N) is 1. The number of nitrogens with one attached hydrogen (secondary N) is 1. The van der Waals surface area contributed by atoms with Gasteiger partial charge in [0.1, 0.15) is 6.54 Å². The lowest BCUT2D eigenvalue weighted by Crippen LogP contribution is -2.38. The number of carbonyl (C=O) groups is 1. The first-order chi connectivity index (χ1) is 14.8. The molecule has 0 unspecified atom stereocenters. The molecule has 31 heavy (non-hydrogen) atoms. The van der Waals surface area contributed by atoms with E-state index in [2.05, 4.69) is 21.2 Å². The van der Waals surface area contributed by atoms with E-state index in [4.69, 9.17) is 9.47 Å². The second-order valence-electron chi connectivity index (χ2n) is 6.92. The highest BCUT2D eigenvalue weighted by Gasteiger charge is 2.27. The summed E-state index contributed by atoms with van der Waals surface area (Å²) < 4.78 is 39.2. The molecule has 0 saturated carbocycles. The molecule has 0 aliphatic carbocycles. The molecule has 3 aromatic rings. The van der Waals surface area contributed by atoms with Crippen LogP contribution in [0.3, 0.4) is 0 Å². The number of aryl methyl sites for hydroxylation is 1. The van der Waals surface area contributed by atoms with Gasteiger partial charge in [-0.2, -0.15) is 0 Å². The molecule has 1 aliphatic rings. The van der Waals surface area contributed by atoms with Crippen LogP contribution in [0.2, 0.25) is 0 Å². The van der Waals surface area contributed by atoms with Crippen LogP contribution in [0, 0.1) is 6.92 Å². The average molecular weight is 503 g/mol. The zero-order valence-electron chi connectivity index (χ0n) is 16.5. The van der Waals surface area contributed by atoms with Crippen LogP contribution >= 0.6 is 15.9 Å². The Morgan fingerprint density at radius 3 is 2.52 bits per heavy atom. The third-order valence-electron chi connectivity index (χ3n) is 4.65. The Labute approximate surface area is 188 Å². The third-order valence-corrected chi connectivity index (χ3v) is 6.93. The van der Waals surface area contributed by atoms with Crippen molar-refractivity contribution in [1.29, 1.82) is 0 Å². The second kappa shape index (κ2) is 8.60. The average Bonchev–Trinajstić information content (AvgIpc) is 3.20. The molecule has 0 saturated heterocycles. The van der Waals surface area contributed by atoms with E-state index >= 15 is 0 Å². The Morgan fingerprint density at radius 2 is 1.77 bits per heavy atom. The highest BCUT2D eigenvalue weighted by atomic mass is 79.9. The third kappa shape index (κ3) is 4.67. The van der Waals surface area contributed by atoms with Crippen molar-refractivity contribution in [2.75, 3.05) is 23.0 Å². The van der Waals surface area contributed by atoms with Gasteiger partial charge in [-0.05, 0) is 49.4 Å². The summed E-state index contributed by atoms with van der Waals surface area (Å²) in [6.45, 7) is 1.60. The molecule has 1 aliphatic heterocycles. The Kier molecular flexibility index (Phi) is 5.88. The van der Waals surface area contributed by atoms with E-state index in [1.54, 1.807) is 54.6 Å². The highest BCUT2D eigenvalue weighted by Crippen LogP contribution is 2.34. The van der Waals surface area contributed by atoms with E-state index in [0.29, 0.717) is 27.3 Å². The standard InChI is InChI=1S/C22H19BrN2O5S/c1-15-5-8-19(9-6-15)31(27,28)25(18-4-2-3-16(23)11-18)13-22(26)24-17-7-10-20-21(12-17)30-14-29-20/h2-12H,13-14H2,1H3,(H,24,26). The predicted octanol–water partition coefficient (Wildman–Crippen LogP) is 4.32. The van der Waals surface area contributed by atoms with E-state index in [-0.39, 0.29) is 11.7 Å². The van der Waals surface area contributed by atoms with E-state index < -0.39 is 22.5 Å². The molecule has 0 bridgehead atoms. The smallest absolute Gasteiger partial charge is 0.264 e. The van der Waals surface area contributed by atoms with Gasteiger partial charge >= 0.3 is 0 Å². The minimum absolute atomic E-state index is 0.106. The van der Waals surface area contributed by atoms with Crippen molar-refractivity contribution in [3.05, 3.63) is 76.8 Å². The highest BCUT2D eigenvalue weighted by molar-refractivity contribution is 9.10. The van der Waals surface area contributed by atoms with Crippen LogP contribution in [0.1, 0.15) is 5.56 Å². The van der Waals surface area contributed by atoms with Gasteiger partial charge in [-0.1, -0.05) is 39.7 Å². The van der Waals surface area contributed by atoms with Gasteiger partial charge in [-0.15, -0.1) is 0 Å². The molecule has 0 radical (unpaired) electrons. The molecule has 9 heteroatoms. The minimum Gasteiger partial charge on any atom is -0.454 e. The van der Waals surface area contributed by atoms with Crippen LogP contribution in [-0.4, -0.2) is 27.7 Å². The van der Waals surface area contributed by atoms with Gasteiger partial charge in [0.05, 0.1) is 10.6 Å². The van der Waals surface area contributed by atoms with Crippen molar-refractivity contribution in [1.82, 2.24) is 0 Å². The van der Waals surface area contributed by atoms with Gasteiger partial charge in [-0.25, -0.2) is 8.42 Å². The van der Waals surface area contributed by atoms with Gasteiger partial charge in [0.15, 0.2) is 11.5 Å². The maximum Gasteiger partial charge on any atom is 0.264 e. The lowest BCUT2D eigenvalue weighted by Gasteiger charge is -2.24. The molecular formula is C22H19BrN2O5S. The number of ether oxygens (including phenoxy) is 2. The molecule has 4 rings (SSSR count). The van der Waals surface area contributed by atoms with Crippen molar-refractivity contribution in [2.45, 2.75) is 11.8 Å². The number of hydrogen-bond donors (Lipinski definition) is 1. The number of fused-ring (bicyclic) bond motifs is 1. The summed E-state index contributed by atoms with van der Waals surface area (Å²) in [7, 11) is -3.98. The maximum atomic E-state index is 13.4. The SMILES string of the molecule is Cc1ccc(S(=O)(=O)N(CC(=O)Nc2ccc3c(c2)OCO3)c2cccc(Br)c2)cc1. The fourth-order valence-corrected chi connectivity index (χ4v) is 4.89. The molecule has 160 valence electrons. The van der Waals surface area contributed by atoms with Crippen LogP contribution < -0.4 is 19.1 Å². The number of anilines is 2. The van der Waals surface area contributed by atoms with Crippen molar-refractivity contribution in [3.63, 3.8) is 0 Å². The number of benzene rings is 3. The molecule has 7 nitrogen and oxygen atoms in total. The number of halogens is 1. The fraction of sp³-hybridized carbons (Fsp3) is 0.136. The Hall–Kier alpha value is -3.04. The number of amides is 1. The summed E-state index contributed by atoms with van der Waals surface area (Å²) >= 11 is 3.36. The van der Waals surface area contributed by atoms with E-state index in [1.807, 2.05) is 6.92 Å². The largest absolute Gasteiger partial charge is 0.454 e. The minimum atomic E-state index is -3.98. The zero-order valence-corrected chi connectivity index (χ0v) is 18.9. The lowest BCUT2D eigenvalue weighted by atomic mass is 10.2. The van der Waals surface area contributed by atoms with Gasteiger partial charge in [0.2, 0.25) is 12.7 Å². The monoisotopic (exact) mass is 502 g/mol. The zero-order chi connectivity index (χ0) is 22.0. The Balaban J connectivity index is 1.63. The molecule has 1 N–H and O–H groups in total. The number of sulfonamides is 1. The first kappa shape index (κ1) is 21.2. The van der Waals surface area contributed by atoms with Crippen LogP contribution in [0.15, 0.2) is 76.1 Å². The maximum absolute atomic E-state index is 13.4. The van der Waals surface area contributed by atoms with Crippen molar-refractivity contribution in [2.24, 2.45) is 0 Å².